The quantitative estimate of drug-likeness (QED) is 0.899. The summed E-state index contributed by atoms with van der Waals surface area (Å²) in [6, 6.07) is 2.85. The van der Waals surface area contributed by atoms with E-state index in [-0.39, 0.29) is 11.8 Å². The van der Waals surface area contributed by atoms with E-state index in [2.05, 4.69) is 20.8 Å². The molecule has 100 valence electrons. The first kappa shape index (κ1) is 13.6. The van der Waals surface area contributed by atoms with Gasteiger partial charge in [-0.1, -0.05) is 17.4 Å². The Balaban J connectivity index is 1.91. The topological polar surface area (TPSA) is 84.0 Å². The fraction of sp³-hybridized carbons (Fsp3) is 0.273. The van der Waals surface area contributed by atoms with Crippen molar-refractivity contribution in [3.05, 3.63) is 27.4 Å². The van der Waals surface area contributed by atoms with Gasteiger partial charge in [0.15, 0.2) is 0 Å². The van der Waals surface area contributed by atoms with Crippen molar-refractivity contribution in [2.24, 2.45) is 0 Å². The molecule has 0 aliphatic heterocycles. The molecular weight excluding hydrogens is 284 g/mol. The number of nitrogens with zero attached hydrogens (tertiary/aromatic N) is 2. The number of hydrogen-bond acceptors (Lipinski definition) is 6. The maximum absolute atomic E-state index is 11.8. The van der Waals surface area contributed by atoms with E-state index in [1.165, 1.54) is 22.7 Å². The molecule has 1 atom stereocenters. The molecule has 0 saturated heterocycles. The second-order valence-electron chi connectivity index (χ2n) is 3.79. The van der Waals surface area contributed by atoms with Crippen molar-refractivity contribution in [3.8, 4) is 0 Å². The van der Waals surface area contributed by atoms with Gasteiger partial charge in [0, 0.05) is 0 Å². The zero-order valence-electron chi connectivity index (χ0n) is 10.3. The number of carbonyl (C=O) groups excluding carboxylic acids is 2. The van der Waals surface area contributed by atoms with Crippen molar-refractivity contribution in [3.63, 3.8) is 0 Å². The van der Waals surface area contributed by atoms with Crippen LogP contribution in [0, 0.1) is 6.92 Å². The largest absolute Gasteiger partial charge is 0.340 e. The molecule has 2 amide bonds. The molecule has 0 unspecified atom stereocenters. The summed E-state index contributed by atoms with van der Waals surface area (Å²) < 4.78 is 0. The van der Waals surface area contributed by atoms with E-state index >= 15 is 0 Å². The number of aromatic nitrogens is 2. The summed E-state index contributed by atoms with van der Waals surface area (Å²) in [6.07, 6.45) is 0. The second-order valence-corrected chi connectivity index (χ2v) is 5.92. The lowest BCUT2D eigenvalue weighted by Crippen LogP contribution is -2.41. The first-order valence-electron chi connectivity index (χ1n) is 5.51. The molecule has 0 aromatic carbocycles. The van der Waals surface area contributed by atoms with Crippen molar-refractivity contribution in [1.82, 2.24) is 15.5 Å². The summed E-state index contributed by atoms with van der Waals surface area (Å²) in [5.74, 6) is -0.577. The van der Waals surface area contributed by atoms with Crippen molar-refractivity contribution in [1.29, 1.82) is 0 Å². The minimum absolute atomic E-state index is 0.258. The Kier molecular flexibility index (Phi) is 4.23. The highest BCUT2D eigenvalue weighted by Crippen LogP contribution is 2.14. The van der Waals surface area contributed by atoms with Crippen LogP contribution >= 0.6 is 22.7 Å². The molecule has 0 fully saturated rings. The zero-order chi connectivity index (χ0) is 13.8. The lowest BCUT2D eigenvalue weighted by atomic mass is 10.3. The number of amides is 2. The molecular formula is C11H12N4O2S2. The van der Waals surface area contributed by atoms with Crippen LogP contribution in [0.3, 0.4) is 0 Å². The third-order valence-corrected chi connectivity index (χ3v) is 3.86. The van der Waals surface area contributed by atoms with E-state index in [0.29, 0.717) is 10.0 Å². The van der Waals surface area contributed by atoms with Crippen molar-refractivity contribution < 1.29 is 9.59 Å². The van der Waals surface area contributed by atoms with Crippen LogP contribution in [0.5, 0.6) is 0 Å². The normalized spacial score (nSPS) is 11.9. The molecule has 2 heterocycles. The van der Waals surface area contributed by atoms with Crippen LogP contribution in [0.2, 0.25) is 0 Å². The molecule has 0 aliphatic carbocycles. The number of anilines is 1. The van der Waals surface area contributed by atoms with Gasteiger partial charge in [-0.2, -0.15) is 0 Å². The molecule has 2 aromatic rings. The van der Waals surface area contributed by atoms with Crippen LogP contribution in [0.4, 0.5) is 5.13 Å². The van der Waals surface area contributed by atoms with Gasteiger partial charge in [-0.3, -0.25) is 14.9 Å². The van der Waals surface area contributed by atoms with E-state index in [0.717, 1.165) is 5.01 Å². The summed E-state index contributed by atoms with van der Waals surface area (Å²) in [4.78, 5) is 24.2. The van der Waals surface area contributed by atoms with E-state index in [9.17, 15) is 9.59 Å². The van der Waals surface area contributed by atoms with E-state index in [1.807, 2.05) is 5.38 Å². The Hall–Kier alpha value is -1.80. The Morgan fingerprint density at radius 2 is 2.16 bits per heavy atom. The number of aryl methyl sites for hydroxylation is 1. The lowest BCUT2D eigenvalue weighted by Gasteiger charge is -2.11. The first-order valence-corrected chi connectivity index (χ1v) is 7.21. The summed E-state index contributed by atoms with van der Waals surface area (Å²) in [5, 5.41) is 15.8. The van der Waals surface area contributed by atoms with Gasteiger partial charge in [-0.15, -0.1) is 21.5 Å². The highest BCUT2D eigenvalue weighted by atomic mass is 32.1. The molecule has 19 heavy (non-hydrogen) atoms. The number of carbonyl (C=O) groups is 2. The van der Waals surface area contributed by atoms with Crippen molar-refractivity contribution >= 4 is 39.6 Å². The lowest BCUT2D eigenvalue weighted by molar-refractivity contribution is -0.117. The minimum atomic E-state index is -0.640. The van der Waals surface area contributed by atoms with Gasteiger partial charge in [0.05, 0.1) is 4.88 Å². The monoisotopic (exact) mass is 296 g/mol. The predicted octanol–water partition coefficient (Wildman–Crippen LogP) is 1.67. The summed E-state index contributed by atoms with van der Waals surface area (Å²) >= 11 is 2.61. The van der Waals surface area contributed by atoms with Crippen molar-refractivity contribution in [2.45, 2.75) is 19.9 Å². The second kappa shape index (κ2) is 5.89. The fourth-order valence-corrected chi connectivity index (χ4v) is 2.52. The molecule has 0 radical (unpaired) electrons. The smallest absolute Gasteiger partial charge is 0.261 e. The van der Waals surface area contributed by atoms with E-state index in [1.54, 1.807) is 26.0 Å². The third kappa shape index (κ3) is 3.58. The van der Waals surface area contributed by atoms with Crippen LogP contribution in [0.15, 0.2) is 17.5 Å². The highest BCUT2D eigenvalue weighted by Gasteiger charge is 2.18. The fourth-order valence-electron chi connectivity index (χ4n) is 1.30. The van der Waals surface area contributed by atoms with E-state index in [4.69, 9.17) is 0 Å². The Morgan fingerprint density at radius 1 is 1.37 bits per heavy atom. The number of thiophene rings is 1. The van der Waals surface area contributed by atoms with Gasteiger partial charge in [0.2, 0.25) is 11.0 Å². The Morgan fingerprint density at radius 3 is 2.74 bits per heavy atom. The van der Waals surface area contributed by atoms with Gasteiger partial charge in [0.1, 0.15) is 11.0 Å². The maximum Gasteiger partial charge on any atom is 0.261 e. The van der Waals surface area contributed by atoms with Crippen LogP contribution < -0.4 is 10.6 Å². The molecule has 8 heteroatoms. The molecule has 0 spiro atoms. The van der Waals surface area contributed by atoms with E-state index < -0.39 is 6.04 Å². The van der Waals surface area contributed by atoms with Crippen LogP contribution in [0.1, 0.15) is 21.6 Å². The molecule has 0 saturated carbocycles. The average Bonchev–Trinajstić information content (AvgIpc) is 3.00. The molecule has 2 aromatic heterocycles. The van der Waals surface area contributed by atoms with Crippen molar-refractivity contribution in [2.75, 3.05) is 5.32 Å². The maximum atomic E-state index is 11.8. The summed E-state index contributed by atoms with van der Waals surface area (Å²) in [6.45, 7) is 3.42. The van der Waals surface area contributed by atoms with Crippen LogP contribution in [0.25, 0.3) is 0 Å². The van der Waals surface area contributed by atoms with Gasteiger partial charge in [-0.25, -0.2) is 0 Å². The Labute approximate surface area is 117 Å². The molecule has 2 rings (SSSR count). The molecule has 0 bridgehead atoms. The zero-order valence-corrected chi connectivity index (χ0v) is 12.0. The van der Waals surface area contributed by atoms with Gasteiger partial charge in [0.25, 0.3) is 5.91 Å². The SMILES string of the molecule is Cc1nnc(NC(=O)[C@@H](C)NC(=O)c2cccs2)s1. The Bertz CT molecular complexity index is 579. The highest BCUT2D eigenvalue weighted by molar-refractivity contribution is 7.15. The van der Waals surface area contributed by atoms with Crippen LogP contribution in [-0.4, -0.2) is 28.1 Å². The molecule has 2 N–H and O–H groups in total. The molecule has 0 aliphatic rings. The number of rotatable bonds is 4. The average molecular weight is 296 g/mol. The van der Waals surface area contributed by atoms with Gasteiger partial charge in [-0.05, 0) is 25.3 Å². The standard InChI is InChI=1S/C11H12N4O2S2/c1-6(12-10(17)8-4-3-5-18-8)9(16)13-11-15-14-7(2)19-11/h3-6H,1-2H3,(H,12,17)(H,13,15,16)/t6-/m1/s1. The van der Waals surface area contributed by atoms with Gasteiger partial charge < -0.3 is 5.32 Å². The first-order chi connectivity index (χ1) is 9.06. The number of hydrogen-bond donors (Lipinski definition) is 2. The minimum Gasteiger partial charge on any atom is -0.340 e. The predicted molar refractivity (Wildman–Crippen MR) is 74.5 cm³/mol. The third-order valence-electron chi connectivity index (χ3n) is 2.24. The summed E-state index contributed by atoms with van der Waals surface area (Å²) in [7, 11) is 0. The number of nitrogens with one attached hydrogen (secondary N) is 2. The van der Waals surface area contributed by atoms with Gasteiger partial charge >= 0.3 is 0 Å². The molecule has 6 nitrogen and oxygen atoms in total. The van der Waals surface area contributed by atoms with Crippen LogP contribution in [-0.2, 0) is 4.79 Å². The summed E-state index contributed by atoms with van der Waals surface area (Å²) in [5.41, 5.74) is 0.